The number of methoxy groups -OCH3 is 1. The molecule has 1 fully saturated rings. The van der Waals surface area contributed by atoms with Crippen molar-refractivity contribution < 1.29 is 19.1 Å². The summed E-state index contributed by atoms with van der Waals surface area (Å²) in [7, 11) is 1.13. The van der Waals surface area contributed by atoms with Crippen molar-refractivity contribution in [2.75, 3.05) is 13.7 Å². The van der Waals surface area contributed by atoms with Gasteiger partial charge in [-0.2, -0.15) is 5.26 Å². The Bertz CT molecular complexity index is 452. The number of hydrogen-bond acceptors (Lipinski definition) is 5. The number of alkyl halides is 2. The third-order valence-corrected chi connectivity index (χ3v) is 3.53. The highest BCUT2D eigenvalue weighted by Gasteiger charge is 2.71. The van der Waals surface area contributed by atoms with Gasteiger partial charge >= 0.3 is 11.9 Å². The van der Waals surface area contributed by atoms with Crippen LogP contribution >= 0.6 is 23.2 Å². The molecule has 1 saturated carbocycles. The van der Waals surface area contributed by atoms with E-state index >= 15 is 0 Å². The Morgan fingerprint density at radius 1 is 1.50 bits per heavy atom. The molecule has 98 valence electrons. The Labute approximate surface area is 114 Å². The van der Waals surface area contributed by atoms with Gasteiger partial charge in [0.25, 0.3) is 0 Å². The highest BCUT2D eigenvalue weighted by molar-refractivity contribution is 6.53. The van der Waals surface area contributed by atoms with Crippen molar-refractivity contribution in [2.45, 2.75) is 17.7 Å². The van der Waals surface area contributed by atoms with Gasteiger partial charge in [-0.05, 0) is 13.0 Å². The third-order valence-electron chi connectivity index (χ3n) is 2.58. The normalized spacial score (nSPS) is 24.9. The average molecular weight is 292 g/mol. The lowest BCUT2D eigenvalue weighted by atomic mass is 10.0. The summed E-state index contributed by atoms with van der Waals surface area (Å²) in [5.41, 5.74) is -1.68. The van der Waals surface area contributed by atoms with E-state index in [0.29, 0.717) is 0 Å². The second-order valence-corrected chi connectivity index (χ2v) is 5.22. The van der Waals surface area contributed by atoms with Crippen molar-refractivity contribution in [1.29, 1.82) is 5.26 Å². The van der Waals surface area contributed by atoms with Crippen LogP contribution in [0.2, 0.25) is 0 Å². The van der Waals surface area contributed by atoms with E-state index in [1.807, 2.05) is 0 Å². The van der Waals surface area contributed by atoms with Gasteiger partial charge in [-0.25, -0.2) is 4.79 Å². The first kappa shape index (κ1) is 14.8. The number of esters is 2. The van der Waals surface area contributed by atoms with Gasteiger partial charge in [-0.3, -0.25) is 4.79 Å². The largest absolute Gasteiger partial charge is 0.465 e. The van der Waals surface area contributed by atoms with Gasteiger partial charge in [0, 0.05) is 6.42 Å². The Kier molecular flexibility index (Phi) is 4.25. The molecule has 0 heterocycles. The Hall–Kier alpha value is -1.25. The SMILES string of the molecule is CCOC(=O)C1(/C=C(\C#N)C(=O)OC)CC1(Cl)Cl. The number of nitrogens with zero attached hydrogens (tertiary/aromatic N) is 1. The minimum absolute atomic E-state index is 0.0874. The van der Waals surface area contributed by atoms with Crippen LogP contribution < -0.4 is 0 Å². The number of ether oxygens (including phenoxy) is 2. The number of rotatable bonds is 4. The fourth-order valence-corrected chi connectivity index (χ4v) is 2.18. The molecule has 1 rings (SSSR count). The van der Waals surface area contributed by atoms with E-state index in [2.05, 4.69) is 4.74 Å². The summed E-state index contributed by atoms with van der Waals surface area (Å²) in [5.74, 6) is -1.51. The molecule has 0 radical (unpaired) electrons. The Balaban J connectivity index is 3.10. The number of halogens is 2. The minimum atomic E-state index is -1.37. The van der Waals surface area contributed by atoms with Crippen LogP contribution in [0, 0.1) is 16.7 Å². The molecule has 0 saturated heterocycles. The molecule has 1 aliphatic rings. The zero-order valence-electron chi connectivity index (χ0n) is 9.83. The molecule has 0 amide bonds. The van der Waals surface area contributed by atoms with Crippen molar-refractivity contribution in [1.82, 2.24) is 0 Å². The van der Waals surface area contributed by atoms with E-state index in [1.165, 1.54) is 0 Å². The van der Waals surface area contributed by atoms with Crippen molar-refractivity contribution in [3.8, 4) is 6.07 Å². The van der Waals surface area contributed by atoms with Crippen LogP contribution in [0.4, 0.5) is 0 Å². The molecule has 1 aliphatic carbocycles. The lowest BCUT2D eigenvalue weighted by Crippen LogP contribution is -2.24. The Morgan fingerprint density at radius 2 is 2.06 bits per heavy atom. The molecule has 0 bridgehead atoms. The molecule has 0 aromatic rings. The van der Waals surface area contributed by atoms with Crippen molar-refractivity contribution >= 4 is 35.1 Å². The molecule has 0 aromatic heterocycles. The molecule has 5 nitrogen and oxygen atoms in total. The number of hydrogen-bond donors (Lipinski definition) is 0. The average Bonchev–Trinajstić information content (AvgIpc) is 2.89. The molecule has 0 aliphatic heterocycles. The summed E-state index contributed by atoms with van der Waals surface area (Å²) in [4.78, 5) is 23.1. The molecular weight excluding hydrogens is 281 g/mol. The summed E-state index contributed by atoms with van der Waals surface area (Å²) in [6.07, 6.45) is 1.21. The van der Waals surface area contributed by atoms with Crippen LogP contribution in [0.3, 0.4) is 0 Å². The van der Waals surface area contributed by atoms with Crippen LogP contribution in [0.5, 0.6) is 0 Å². The zero-order valence-corrected chi connectivity index (χ0v) is 11.3. The second kappa shape index (κ2) is 5.17. The third kappa shape index (κ3) is 2.45. The minimum Gasteiger partial charge on any atom is -0.465 e. The number of carbonyl (C=O) groups is 2. The highest BCUT2D eigenvalue weighted by atomic mass is 35.5. The van der Waals surface area contributed by atoms with E-state index in [1.54, 1.807) is 13.0 Å². The Morgan fingerprint density at radius 3 is 2.39 bits per heavy atom. The van der Waals surface area contributed by atoms with E-state index in [4.69, 9.17) is 33.2 Å². The zero-order chi connectivity index (χ0) is 14.0. The first-order valence-corrected chi connectivity index (χ1v) is 5.86. The van der Waals surface area contributed by atoms with Gasteiger partial charge < -0.3 is 9.47 Å². The summed E-state index contributed by atoms with van der Waals surface area (Å²) >= 11 is 11.8. The summed E-state index contributed by atoms with van der Waals surface area (Å²) in [6, 6.07) is 1.65. The second-order valence-electron chi connectivity index (χ2n) is 3.73. The van der Waals surface area contributed by atoms with Gasteiger partial charge in [-0.15, -0.1) is 0 Å². The maximum Gasteiger partial charge on any atom is 0.348 e. The lowest BCUT2D eigenvalue weighted by molar-refractivity contribution is -0.147. The van der Waals surface area contributed by atoms with Gasteiger partial charge in [0.05, 0.1) is 13.7 Å². The maximum absolute atomic E-state index is 11.8. The fraction of sp³-hybridized carbons (Fsp3) is 0.545. The van der Waals surface area contributed by atoms with E-state index < -0.39 is 21.7 Å². The van der Waals surface area contributed by atoms with Gasteiger partial charge in [0.2, 0.25) is 0 Å². The van der Waals surface area contributed by atoms with Crippen molar-refractivity contribution in [3.05, 3.63) is 11.6 Å². The van der Waals surface area contributed by atoms with Crippen LogP contribution in [-0.4, -0.2) is 30.0 Å². The predicted molar refractivity (Wildman–Crippen MR) is 63.8 cm³/mol. The molecule has 18 heavy (non-hydrogen) atoms. The topological polar surface area (TPSA) is 76.4 Å². The monoisotopic (exact) mass is 291 g/mol. The van der Waals surface area contributed by atoms with Crippen LogP contribution in [-0.2, 0) is 19.1 Å². The standard InChI is InChI=1S/C11H11Cl2NO4/c1-3-18-9(16)10(6-11(10,12)13)4-7(5-14)8(15)17-2/h4H,3,6H2,1-2H3/b7-4+. The van der Waals surface area contributed by atoms with Gasteiger partial charge in [-0.1, -0.05) is 23.2 Å². The fourth-order valence-electron chi connectivity index (χ4n) is 1.50. The lowest BCUT2D eigenvalue weighted by Gasteiger charge is -2.12. The van der Waals surface area contributed by atoms with Gasteiger partial charge in [0.1, 0.15) is 21.4 Å². The van der Waals surface area contributed by atoms with Gasteiger partial charge in [0.15, 0.2) is 0 Å². The number of nitriles is 1. The summed E-state index contributed by atoms with van der Waals surface area (Å²) in [6.45, 7) is 1.78. The summed E-state index contributed by atoms with van der Waals surface area (Å²) in [5, 5.41) is 8.84. The van der Waals surface area contributed by atoms with Crippen LogP contribution in [0.1, 0.15) is 13.3 Å². The van der Waals surface area contributed by atoms with Crippen LogP contribution in [0.15, 0.2) is 11.6 Å². The van der Waals surface area contributed by atoms with Crippen molar-refractivity contribution in [3.63, 3.8) is 0 Å². The molecular formula is C11H11Cl2NO4. The van der Waals surface area contributed by atoms with Crippen molar-refractivity contribution in [2.24, 2.45) is 5.41 Å². The maximum atomic E-state index is 11.8. The molecule has 1 atom stereocenters. The quantitative estimate of drug-likeness (QED) is 0.341. The first-order chi connectivity index (χ1) is 8.34. The van der Waals surface area contributed by atoms with E-state index in [0.717, 1.165) is 13.2 Å². The molecule has 0 N–H and O–H groups in total. The molecule has 0 aromatic carbocycles. The molecule has 0 spiro atoms. The molecule has 7 heteroatoms. The molecule has 1 unspecified atom stereocenters. The van der Waals surface area contributed by atoms with Crippen LogP contribution in [0.25, 0.3) is 0 Å². The first-order valence-electron chi connectivity index (χ1n) is 5.11. The summed E-state index contributed by atoms with van der Waals surface area (Å²) < 4.78 is 7.90. The smallest absolute Gasteiger partial charge is 0.348 e. The van der Waals surface area contributed by atoms with E-state index in [9.17, 15) is 9.59 Å². The van der Waals surface area contributed by atoms with E-state index in [-0.39, 0.29) is 18.6 Å². The predicted octanol–water partition coefficient (Wildman–Crippen LogP) is 1.74. The highest BCUT2D eigenvalue weighted by Crippen LogP contribution is 2.65. The number of carbonyl (C=O) groups excluding carboxylic acids is 2.